The minimum absolute atomic E-state index is 0.00677. The smallest absolute Gasteiger partial charge is 0.232 e. The second-order valence-electron chi connectivity index (χ2n) is 4.61. The van der Waals surface area contributed by atoms with Crippen LogP contribution in [0.4, 0.5) is 5.69 Å². The number of rotatable bonds is 5. The molecule has 0 amide bonds. The topological polar surface area (TPSA) is 106 Å². The quantitative estimate of drug-likeness (QED) is 0.879. The Hall–Kier alpha value is -2.00. The summed E-state index contributed by atoms with van der Waals surface area (Å²) in [7, 11) is -6.70. The zero-order valence-corrected chi connectivity index (χ0v) is 13.6. The van der Waals surface area contributed by atoms with Crippen LogP contribution in [0, 0.1) is 0 Å². The molecule has 1 N–H and O–H groups in total. The maximum absolute atomic E-state index is 11.5. The van der Waals surface area contributed by atoms with Crippen LogP contribution in [0.2, 0.25) is 0 Å². The molecule has 1 aromatic carbocycles. The Morgan fingerprint density at radius 2 is 1.59 bits per heavy atom. The highest BCUT2D eigenvalue weighted by Gasteiger charge is 2.10. The molecule has 2 aromatic rings. The van der Waals surface area contributed by atoms with Gasteiger partial charge in [0, 0.05) is 17.5 Å². The Morgan fingerprint density at radius 1 is 0.955 bits per heavy atom. The molecule has 22 heavy (non-hydrogen) atoms. The Balaban J connectivity index is 2.24. The molecule has 0 spiro atoms. The summed E-state index contributed by atoms with van der Waals surface area (Å²) in [5.74, 6) is -0.00677. The summed E-state index contributed by atoms with van der Waals surface area (Å²) in [4.78, 5) is 0. The van der Waals surface area contributed by atoms with Crippen molar-refractivity contribution < 1.29 is 16.8 Å². The summed E-state index contributed by atoms with van der Waals surface area (Å²) in [6, 6.07) is 9.50. The highest BCUT2D eigenvalue weighted by atomic mass is 32.2. The average molecular weight is 341 g/mol. The number of nitrogens with one attached hydrogen (secondary N) is 1. The molecular formula is C13H15N3O4S2. The van der Waals surface area contributed by atoms with E-state index in [9.17, 15) is 16.8 Å². The summed E-state index contributed by atoms with van der Waals surface area (Å²) in [5.41, 5.74) is 1.65. The summed E-state index contributed by atoms with van der Waals surface area (Å²) in [5, 5.41) is 7.45. The number of benzene rings is 1. The summed E-state index contributed by atoms with van der Waals surface area (Å²) in [6.07, 6.45) is 1.06. The van der Waals surface area contributed by atoms with E-state index >= 15 is 0 Å². The van der Waals surface area contributed by atoms with Crippen LogP contribution in [0.15, 0.2) is 41.4 Å². The Labute approximate surface area is 129 Å². The van der Waals surface area contributed by atoms with E-state index in [4.69, 9.17) is 0 Å². The number of aromatic nitrogens is 2. The zero-order chi connectivity index (χ0) is 16.4. The van der Waals surface area contributed by atoms with Crippen LogP contribution >= 0.6 is 0 Å². The van der Waals surface area contributed by atoms with Crippen molar-refractivity contribution in [3.8, 4) is 11.3 Å². The van der Waals surface area contributed by atoms with E-state index in [1.165, 1.54) is 6.07 Å². The molecule has 0 atom stereocenters. The first-order valence-corrected chi connectivity index (χ1v) is 9.90. The summed E-state index contributed by atoms with van der Waals surface area (Å²) >= 11 is 0. The van der Waals surface area contributed by atoms with Crippen molar-refractivity contribution in [2.45, 2.75) is 11.9 Å². The summed E-state index contributed by atoms with van der Waals surface area (Å²) in [6.45, 7) is 1.55. The van der Waals surface area contributed by atoms with Gasteiger partial charge in [-0.2, -0.15) is 0 Å². The lowest BCUT2D eigenvalue weighted by atomic mass is 10.1. The van der Waals surface area contributed by atoms with E-state index in [1.54, 1.807) is 37.3 Å². The van der Waals surface area contributed by atoms with Gasteiger partial charge in [0.25, 0.3) is 0 Å². The third kappa shape index (κ3) is 4.01. The monoisotopic (exact) mass is 341 g/mol. The van der Waals surface area contributed by atoms with Gasteiger partial charge in [0.05, 0.1) is 11.4 Å². The van der Waals surface area contributed by atoms with Gasteiger partial charge in [0.15, 0.2) is 14.9 Å². The molecule has 1 heterocycles. The van der Waals surface area contributed by atoms with Gasteiger partial charge in [-0.3, -0.25) is 4.72 Å². The lowest BCUT2D eigenvalue weighted by Gasteiger charge is -2.07. The number of hydrogen-bond acceptors (Lipinski definition) is 6. The lowest BCUT2D eigenvalue weighted by Crippen LogP contribution is -2.14. The molecule has 0 radical (unpaired) electrons. The molecule has 9 heteroatoms. The second-order valence-corrected chi connectivity index (χ2v) is 8.59. The molecular weight excluding hydrogens is 326 g/mol. The van der Waals surface area contributed by atoms with Crippen LogP contribution in [0.1, 0.15) is 6.92 Å². The maximum atomic E-state index is 11.5. The first-order chi connectivity index (χ1) is 10.2. The summed E-state index contributed by atoms with van der Waals surface area (Å²) < 4.78 is 48.0. The average Bonchev–Trinajstić information content (AvgIpc) is 2.47. The Morgan fingerprint density at radius 3 is 2.05 bits per heavy atom. The van der Waals surface area contributed by atoms with Crippen molar-refractivity contribution in [2.75, 3.05) is 16.7 Å². The van der Waals surface area contributed by atoms with Gasteiger partial charge in [-0.15, -0.1) is 10.2 Å². The minimum atomic E-state index is -3.38. The number of sulfonamides is 1. The number of hydrogen-bond donors (Lipinski definition) is 1. The van der Waals surface area contributed by atoms with Gasteiger partial charge < -0.3 is 0 Å². The van der Waals surface area contributed by atoms with Crippen LogP contribution in [-0.4, -0.2) is 39.0 Å². The molecule has 0 saturated carbocycles. The van der Waals surface area contributed by atoms with Crippen molar-refractivity contribution in [3.05, 3.63) is 36.4 Å². The van der Waals surface area contributed by atoms with Gasteiger partial charge in [-0.05, 0) is 31.2 Å². The molecule has 0 saturated heterocycles. The van der Waals surface area contributed by atoms with Crippen LogP contribution in [0.3, 0.4) is 0 Å². The van der Waals surface area contributed by atoms with Gasteiger partial charge in [0.2, 0.25) is 10.0 Å². The fraction of sp³-hybridized carbons (Fsp3) is 0.231. The van der Waals surface area contributed by atoms with Gasteiger partial charge in [-0.25, -0.2) is 16.8 Å². The molecule has 0 unspecified atom stereocenters. The van der Waals surface area contributed by atoms with E-state index in [-0.39, 0.29) is 10.8 Å². The van der Waals surface area contributed by atoms with Crippen molar-refractivity contribution in [3.63, 3.8) is 0 Å². The van der Waals surface area contributed by atoms with Crippen LogP contribution in [-0.2, 0) is 19.9 Å². The molecule has 0 aliphatic rings. The van der Waals surface area contributed by atoms with E-state index in [0.717, 1.165) is 6.26 Å². The van der Waals surface area contributed by atoms with Crippen LogP contribution in [0.5, 0.6) is 0 Å². The molecule has 0 aliphatic heterocycles. The maximum Gasteiger partial charge on any atom is 0.232 e. The highest BCUT2D eigenvalue weighted by Crippen LogP contribution is 2.20. The van der Waals surface area contributed by atoms with Gasteiger partial charge in [-0.1, -0.05) is 12.1 Å². The lowest BCUT2D eigenvalue weighted by molar-refractivity contribution is 0.595. The molecule has 0 fully saturated rings. The van der Waals surface area contributed by atoms with Crippen molar-refractivity contribution in [1.29, 1.82) is 0 Å². The normalized spacial score (nSPS) is 12.1. The molecule has 1 aromatic heterocycles. The predicted octanol–water partition coefficient (Wildman–Crippen LogP) is 1.31. The van der Waals surface area contributed by atoms with Crippen LogP contribution in [0.25, 0.3) is 11.3 Å². The van der Waals surface area contributed by atoms with E-state index in [0.29, 0.717) is 16.9 Å². The van der Waals surface area contributed by atoms with E-state index in [2.05, 4.69) is 14.9 Å². The first-order valence-electron chi connectivity index (χ1n) is 6.36. The standard InChI is InChI=1S/C13H15N3O4S2/c1-3-22(19,20)16-11-6-4-10(5-7-11)12-8-9-13(15-14-12)21(2,17)18/h4-9,16H,3H2,1-2H3. The largest absolute Gasteiger partial charge is 0.284 e. The third-order valence-corrected chi connectivity index (χ3v) is 5.14. The second kappa shape index (κ2) is 6.01. The SMILES string of the molecule is CCS(=O)(=O)Nc1ccc(-c2ccc(S(C)(=O)=O)nn2)cc1. The number of sulfone groups is 1. The minimum Gasteiger partial charge on any atom is -0.284 e. The van der Waals surface area contributed by atoms with E-state index in [1.807, 2.05) is 0 Å². The Bertz CT molecular complexity index is 859. The third-order valence-electron chi connectivity index (χ3n) is 2.85. The fourth-order valence-electron chi connectivity index (χ4n) is 1.63. The molecule has 0 bridgehead atoms. The molecule has 2 rings (SSSR count). The molecule has 0 aliphatic carbocycles. The van der Waals surface area contributed by atoms with Gasteiger partial charge >= 0.3 is 0 Å². The fourth-order valence-corrected chi connectivity index (χ4v) is 2.78. The first kappa shape index (κ1) is 16.4. The Kier molecular flexibility index (Phi) is 4.47. The van der Waals surface area contributed by atoms with E-state index < -0.39 is 19.9 Å². The predicted molar refractivity (Wildman–Crippen MR) is 83.7 cm³/mol. The number of nitrogens with zero attached hydrogens (tertiary/aromatic N) is 2. The number of anilines is 1. The van der Waals surface area contributed by atoms with Crippen molar-refractivity contribution >= 4 is 25.5 Å². The van der Waals surface area contributed by atoms with Gasteiger partial charge in [0.1, 0.15) is 0 Å². The zero-order valence-electron chi connectivity index (χ0n) is 12.0. The van der Waals surface area contributed by atoms with Crippen molar-refractivity contribution in [2.24, 2.45) is 0 Å². The highest BCUT2D eigenvalue weighted by molar-refractivity contribution is 7.92. The molecule has 118 valence electrons. The van der Waals surface area contributed by atoms with Crippen molar-refractivity contribution in [1.82, 2.24) is 10.2 Å². The van der Waals surface area contributed by atoms with Crippen LogP contribution < -0.4 is 4.72 Å². The molecule has 7 nitrogen and oxygen atoms in total.